The molecule has 2 N–H and O–H groups in total. The van der Waals surface area contributed by atoms with Crippen LogP contribution in [0.15, 0.2) is 18.2 Å². The van der Waals surface area contributed by atoms with E-state index in [1.807, 2.05) is 6.92 Å². The molecule has 2 aromatic rings. The molecule has 2 rings (SSSR count). The summed E-state index contributed by atoms with van der Waals surface area (Å²) in [7, 11) is 0. The fourth-order valence-corrected chi connectivity index (χ4v) is 3.55. The smallest absolute Gasteiger partial charge is 0.341 e. The fraction of sp³-hybridized carbons (Fsp3) is 0.235. The Morgan fingerprint density at radius 2 is 1.85 bits per heavy atom. The number of benzene rings is 1. The standard InChI is InChI=1S/C17H16Cl2N2O4S/c1-8-9(2)26-16(20-10(3)22)14(8)17(24)25-7-13(23)21-12-6-4-5-11(18)15(12)19/h4-6H,7H2,1-3H3,(H,20,22)(H,21,23). The van der Waals surface area contributed by atoms with Crippen LogP contribution in [0.25, 0.3) is 0 Å². The summed E-state index contributed by atoms with van der Waals surface area (Å²) in [5.74, 6) is -1.55. The van der Waals surface area contributed by atoms with Gasteiger partial charge in [-0.15, -0.1) is 11.3 Å². The summed E-state index contributed by atoms with van der Waals surface area (Å²) in [6.45, 7) is 4.42. The lowest BCUT2D eigenvalue weighted by Crippen LogP contribution is -2.22. The lowest BCUT2D eigenvalue weighted by Gasteiger charge is -2.09. The van der Waals surface area contributed by atoms with Gasteiger partial charge < -0.3 is 15.4 Å². The largest absolute Gasteiger partial charge is 0.452 e. The first kappa shape index (κ1) is 20.2. The number of ether oxygens (including phenoxy) is 1. The third-order valence-electron chi connectivity index (χ3n) is 3.44. The van der Waals surface area contributed by atoms with Gasteiger partial charge in [-0.1, -0.05) is 29.3 Å². The number of esters is 1. The monoisotopic (exact) mass is 414 g/mol. The Hall–Kier alpha value is -2.09. The Kier molecular flexibility index (Phi) is 6.63. The predicted molar refractivity (Wildman–Crippen MR) is 103 cm³/mol. The van der Waals surface area contributed by atoms with Gasteiger partial charge in [0.25, 0.3) is 5.91 Å². The summed E-state index contributed by atoms with van der Waals surface area (Å²) in [5.41, 5.74) is 1.26. The second kappa shape index (κ2) is 8.53. The van der Waals surface area contributed by atoms with Gasteiger partial charge in [-0.25, -0.2) is 4.79 Å². The minimum absolute atomic E-state index is 0.200. The first-order valence-electron chi connectivity index (χ1n) is 7.49. The number of hydrogen-bond donors (Lipinski definition) is 2. The van der Waals surface area contributed by atoms with Crippen molar-refractivity contribution in [1.29, 1.82) is 0 Å². The molecule has 0 unspecified atom stereocenters. The molecule has 1 aromatic carbocycles. The Labute approximate surface area is 164 Å². The van der Waals surface area contributed by atoms with Gasteiger partial charge in [-0.2, -0.15) is 0 Å². The van der Waals surface area contributed by atoms with E-state index in [1.54, 1.807) is 25.1 Å². The van der Waals surface area contributed by atoms with Crippen molar-refractivity contribution in [1.82, 2.24) is 0 Å². The predicted octanol–water partition coefficient (Wildman–Crippen LogP) is 4.43. The highest BCUT2D eigenvalue weighted by atomic mass is 35.5. The Morgan fingerprint density at radius 1 is 1.15 bits per heavy atom. The van der Waals surface area contributed by atoms with Crippen LogP contribution >= 0.6 is 34.5 Å². The van der Waals surface area contributed by atoms with Crippen LogP contribution in [0.2, 0.25) is 10.0 Å². The maximum absolute atomic E-state index is 12.4. The van der Waals surface area contributed by atoms with Crippen LogP contribution in [0, 0.1) is 13.8 Å². The average Bonchev–Trinajstić information content (AvgIpc) is 2.83. The Morgan fingerprint density at radius 3 is 2.50 bits per heavy atom. The van der Waals surface area contributed by atoms with E-state index in [0.717, 1.165) is 4.88 Å². The molecular weight excluding hydrogens is 399 g/mol. The summed E-state index contributed by atoms with van der Waals surface area (Å²) < 4.78 is 5.08. The van der Waals surface area contributed by atoms with Crippen molar-refractivity contribution in [3.8, 4) is 0 Å². The molecule has 0 atom stereocenters. The molecule has 26 heavy (non-hydrogen) atoms. The molecule has 0 bridgehead atoms. The zero-order valence-electron chi connectivity index (χ0n) is 14.2. The topological polar surface area (TPSA) is 84.5 Å². The van der Waals surface area contributed by atoms with Crippen LogP contribution in [-0.4, -0.2) is 24.4 Å². The van der Waals surface area contributed by atoms with E-state index >= 15 is 0 Å². The number of thiophene rings is 1. The van der Waals surface area contributed by atoms with Crippen molar-refractivity contribution in [2.24, 2.45) is 0 Å². The molecule has 0 aliphatic rings. The molecule has 0 saturated heterocycles. The molecule has 0 fully saturated rings. The molecule has 2 amide bonds. The van der Waals surface area contributed by atoms with Gasteiger partial charge >= 0.3 is 5.97 Å². The molecule has 0 aliphatic heterocycles. The number of hydrogen-bond acceptors (Lipinski definition) is 5. The molecular formula is C17H16Cl2N2O4S. The second-order valence-corrected chi connectivity index (χ2v) is 7.40. The number of anilines is 2. The quantitative estimate of drug-likeness (QED) is 0.708. The minimum Gasteiger partial charge on any atom is -0.452 e. The highest BCUT2D eigenvalue weighted by molar-refractivity contribution is 7.16. The summed E-state index contributed by atoms with van der Waals surface area (Å²) in [5, 5.41) is 6.02. The number of carbonyl (C=O) groups is 3. The highest BCUT2D eigenvalue weighted by Crippen LogP contribution is 2.33. The van der Waals surface area contributed by atoms with Crippen molar-refractivity contribution < 1.29 is 19.1 Å². The van der Waals surface area contributed by atoms with Gasteiger partial charge in [-0.05, 0) is 31.5 Å². The maximum Gasteiger partial charge on any atom is 0.341 e. The molecule has 1 heterocycles. The molecule has 0 spiro atoms. The number of halogens is 2. The number of nitrogens with one attached hydrogen (secondary N) is 2. The summed E-state index contributed by atoms with van der Waals surface area (Å²) in [6, 6.07) is 4.80. The van der Waals surface area contributed by atoms with Crippen molar-refractivity contribution in [2.45, 2.75) is 20.8 Å². The number of amides is 2. The lowest BCUT2D eigenvalue weighted by atomic mass is 10.1. The second-order valence-electron chi connectivity index (χ2n) is 5.39. The normalized spacial score (nSPS) is 10.3. The Balaban J connectivity index is 2.06. The number of aryl methyl sites for hydroxylation is 1. The maximum atomic E-state index is 12.4. The summed E-state index contributed by atoms with van der Waals surface area (Å²) in [4.78, 5) is 36.5. The fourth-order valence-electron chi connectivity index (χ4n) is 2.11. The first-order chi connectivity index (χ1) is 12.2. The molecule has 6 nitrogen and oxygen atoms in total. The van der Waals surface area contributed by atoms with E-state index in [0.29, 0.717) is 21.3 Å². The van der Waals surface area contributed by atoms with E-state index in [9.17, 15) is 14.4 Å². The van der Waals surface area contributed by atoms with Crippen LogP contribution in [0.1, 0.15) is 27.7 Å². The van der Waals surface area contributed by atoms with E-state index in [4.69, 9.17) is 27.9 Å². The first-order valence-corrected chi connectivity index (χ1v) is 9.06. The highest BCUT2D eigenvalue weighted by Gasteiger charge is 2.22. The Bertz CT molecular complexity index is 880. The third-order valence-corrected chi connectivity index (χ3v) is 5.38. The van der Waals surface area contributed by atoms with Crippen molar-refractivity contribution in [2.75, 3.05) is 17.2 Å². The average molecular weight is 415 g/mol. The van der Waals surface area contributed by atoms with Crippen molar-refractivity contribution in [3.05, 3.63) is 44.2 Å². The molecule has 0 aliphatic carbocycles. The molecule has 1 aromatic heterocycles. The zero-order valence-corrected chi connectivity index (χ0v) is 16.6. The minimum atomic E-state index is -0.692. The van der Waals surface area contributed by atoms with Crippen LogP contribution in [0.4, 0.5) is 10.7 Å². The van der Waals surface area contributed by atoms with Crippen LogP contribution in [0.3, 0.4) is 0 Å². The van der Waals surface area contributed by atoms with Gasteiger partial charge in [0.05, 0.1) is 21.3 Å². The molecule has 9 heteroatoms. The number of carbonyl (C=O) groups excluding carboxylic acids is 3. The van der Waals surface area contributed by atoms with Gasteiger partial charge in [-0.3, -0.25) is 9.59 Å². The van der Waals surface area contributed by atoms with E-state index in [-0.39, 0.29) is 16.5 Å². The SMILES string of the molecule is CC(=O)Nc1sc(C)c(C)c1C(=O)OCC(=O)Nc1cccc(Cl)c1Cl. The van der Waals surface area contributed by atoms with Crippen LogP contribution < -0.4 is 10.6 Å². The van der Waals surface area contributed by atoms with Crippen LogP contribution in [-0.2, 0) is 14.3 Å². The third kappa shape index (κ3) is 4.75. The van der Waals surface area contributed by atoms with Crippen molar-refractivity contribution in [3.63, 3.8) is 0 Å². The summed E-state index contributed by atoms with van der Waals surface area (Å²) >= 11 is 13.1. The van der Waals surface area contributed by atoms with Crippen LogP contribution in [0.5, 0.6) is 0 Å². The lowest BCUT2D eigenvalue weighted by molar-refractivity contribution is -0.119. The van der Waals surface area contributed by atoms with Gasteiger partial charge in [0.2, 0.25) is 5.91 Å². The van der Waals surface area contributed by atoms with E-state index in [2.05, 4.69) is 10.6 Å². The van der Waals surface area contributed by atoms with Crippen molar-refractivity contribution >= 4 is 63.0 Å². The van der Waals surface area contributed by atoms with E-state index < -0.39 is 18.5 Å². The molecule has 138 valence electrons. The van der Waals surface area contributed by atoms with Gasteiger partial charge in [0.15, 0.2) is 6.61 Å². The molecule has 0 radical (unpaired) electrons. The van der Waals surface area contributed by atoms with E-state index in [1.165, 1.54) is 18.3 Å². The van der Waals surface area contributed by atoms with Gasteiger partial charge in [0.1, 0.15) is 5.00 Å². The number of rotatable bonds is 5. The zero-order chi connectivity index (χ0) is 19.4. The summed E-state index contributed by atoms with van der Waals surface area (Å²) in [6.07, 6.45) is 0. The van der Waals surface area contributed by atoms with Gasteiger partial charge in [0, 0.05) is 11.8 Å². The molecule has 0 saturated carbocycles.